The van der Waals surface area contributed by atoms with Gasteiger partial charge in [0.2, 0.25) is 0 Å². The summed E-state index contributed by atoms with van der Waals surface area (Å²) in [5.74, 6) is 0.736. The molecule has 3 atom stereocenters. The van der Waals surface area contributed by atoms with Crippen LogP contribution in [0.5, 0.6) is 5.75 Å². The molecule has 1 saturated heterocycles. The quantitative estimate of drug-likeness (QED) is 0.379. The van der Waals surface area contributed by atoms with Crippen molar-refractivity contribution in [2.24, 2.45) is 0 Å². The van der Waals surface area contributed by atoms with Crippen molar-refractivity contribution in [2.75, 3.05) is 13.7 Å². The van der Waals surface area contributed by atoms with Gasteiger partial charge in [0.1, 0.15) is 23.7 Å². The van der Waals surface area contributed by atoms with Crippen molar-refractivity contribution < 1.29 is 19.3 Å². The maximum absolute atomic E-state index is 12.5. The van der Waals surface area contributed by atoms with Crippen LogP contribution in [0, 0.1) is 6.92 Å². The van der Waals surface area contributed by atoms with Crippen LogP contribution in [0.2, 0.25) is 0 Å². The fourth-order valence-electron chi connectivity index (χ4n) is 5.38. The predicted molar refractivity (Wildman–Crippen MR) is 146 cm³/mol. The number of methoxy groups -OCH3 is 1. The number of aromatic nitrogens is 2. The van der Waals surface area contributed by atoms with Crippen LogP contribution in [0.15, 0.2) is 98.4 Å². The Bertz CT molecular complexity index is 1580. The molecule has 6 rings (SSSR count). The SMILES string of the molecule is COc1ccc(C2(OC[C@H]3O[C@@H](n4cc(C)c(=O)[nH]c4=O)C[C@@H]3O)c3ccccc3Sc3ccccc32)cc1. The van der Waals surface area contributed by atoms with Crippen molar-refractivity contribution in [1.82, 2.24) is 9.55 Å². The number of hydrogen-bond donors (Lipinski definition) is 2. The van der Waals surface area contributed by atoms with E-state index in [9.17, 15) is 14.7 Å². The molecule has 1 fully saturated rings. The molecular weight excluding hydrogens is 516 g/mol. The fourth-order valence-corrected chi connectivity index (χ4v) is 6.55. The predicted octanol–water partition coefficient (Wildman–Crippen LogP) is 3.98. The molecule has 4 aromatic rings. The van der Waals surface area contributed by atoms with E-state index in [0.29, 0.717) is 5.56 Å². The van der Waals surface area contributed by atoms with Gasteiger partial charge < -0.3 is 19.3 Å². The molecule has 0 radical (unpaired) electrons. The summed E-state index contributed by atoms with van der Waals surface area (Å²) in [6, 6.07) is 24.1. The van der Waals surface area contributed by atoms with Gasteiger partial charge in [0, 0.05) is 39.1 Å². The Morgan fingerprint density at radius 3 is 2.31 bits per heavy atom. The van der Waals surface area contributed by atoms with Gasteiger partial charge in [-0.05, 0) is 36.8 Å². The molecule has 1 aromatic heterocycles. The van der Waals surface area contributed by atoms with Crippen LogP contribution < -0.4 is 16.0 Å². The third-order valence-corrected chi connectivity index (χ3v) is 8.53. The lowest BCUT2D eigenvalue weighted by molar-refractivity contribution is -0.0958. The van der Waals surface area contributed by atoms with Crippen LogP contribution >= 0.6 is 11.8 Å². The Morgan fingerprint density at radius 1 is 1.03 bits per heavy atom. The van der Waals surface area contributed by atoms with Crippen molar-refractivity contribution >= 4 is 11.8 Å². The number of hydrogen-bond acceptors (Lipinski definition) is 7. The normalized spacial score (nSPS) is 21.3. The Morgan fingerprint density at radius 2 is 1.67 bits per heavy atom. The Hall–Kier alpha value is -3.63. The van der Waals surface area contributed by atoms with Crippen LogP contribution in [0.25, 0.3) is 0 Å². The average molecular weight is 545 g/mol. The lowest BCUT2D eigenvalue weighted by Gasteiger charge is -2.41. The van der Waals surface area contributed by atoms with Gasteiger partial charge in [-0.2, -0.15) is 0 Å². The van der Waals surface area contributed by atoms with Crippen LogP contribution in [0.4, 0.5) is 0 Å². The summed E-state index contributed by atoms with van der Waals surface area (Å²) in [4.78, 5) is 28.8. The van der Waals surface area contributed by atoms with Gasteiger partial charge in [0.05, 0.1) is 19.8 Å². The molecule has 0 aliphatic carbocycles. The number of aryl methyl sites for hydroxylation is 1. The number of aromatic amines is 1. The van der Waals surface area contributed by atoms with E-state index in [4.69, 9.17) is 14.2 Å². The molecule has 0 unspecified atom stereocenters. The number of nitrogens with zero attached hydrogens (tertiary/aromatic N) is 1. The summed E-state index contributed by atoms with van der Waals surface area (Å²) >= 11 is 1.70. The minimum atomic E-state index is -0.975. The van der Waals surface area contributed by atoms with Crippen molar-refractivity contribution in [3.63, 3.8) is 0 Å². The molecule has 3 aromatic carbocycles. The number of rotatable bonds is 6. The average Bonchev–Trinajstić information content (AvgIpc) is 3.33. The lowest BCUT2D eigenvalue weighted by Crippen LogP contribution is -2.39. The summed E-state index contributed by atoms with van der Waals surface area (Å²) in [5.41, 5.74) is 1.30. The van der Waals surface area contributed by atoms with E-state index in [1.54, 1.807) is 25.8 Å². The number of aliphatic hydroxyl groups excluding tert-OH is 1. The summed E-state index contributed by atoms with van der Waals surface area (Å²) in [6.45, 7) is 1.68. The zero-order valence-corrected chi connectivity index (χ0v) is 22.3. The van der Waals surface area contributed by atoms with Gasteiger partial charge >= 0.3 is 5.69 Å². The summed E-state index contributed by atoms with van der Waals surface area (Å²) in [6.07, 6.45) is -0.637. The Kier molecular flexibility index (Phi) is 6.68. The van der Waals surface area contributed by atoms with Crippen LogP contribution in [-0.2, 0) is 15.1 Å². The third kappa shape index (κ3) is 4.41. The number of aliphatic hydroxyl groups is 1. The highest BCUT2D eigenvalue weighted by Crippen LogP contribution is 2.53. The minimum absolute atomic E-state index is 0.0636. The number of ether oxygens (including phenoxy) is 3. The van der Waals surface area contributed by atoms with Crippen molar-refractivity contribution in [3.05, 3.63) is 122 Å². The standard InChI is InChI=1S/C30H28N2O6S/c1-18-16-32(29(35)31-28(18)34)27-15-23(33)24(38-27)17-37-30(19-11-13-20(36-2)14-12-19)21-7-3-5-9-25(21)39-26-10-6-4-8-22(26)30/h3-14,16,23-24,27,33H,15,17H2,1-2H3,(H,31,34,35)/t23-,24+,27+/m0/s1. The largest absolute Gasteiger partial charge is 0.497 e. The van der Waals surface area contributed by atoms with E-state index in [-0.39, 0.29) is 13.0 Å². The molecule has 0 bridgehead atoms. The Balaban J connectivity index is 1.40. The number of H-pyrrole nitrogens is 1. The van der Waals surface area contributed by atoms with E-state index < -0.39 is 35.3 Å². The second-order valence-electron chi connectivity index (χ2n) is 9.73. The summed E-state index contributed by atoms with van der Waals surface area (Å²) in [5, 5.41) is 11.0. The van der Waals surface area contributed by atoms with Crippen LogP contribution in [-0.4, -0.2) is 40.6 Å². The number of fused-ring (bicyclic) bond motifs is 2. The molecule has 200 valence electrons. The van der Waals surface area contributed by atoms with E-state index in [1.165, 1.54) is 10.8 Å². The van der Waals surface area contributed by atoms with Gasteiger partial charge in [-0.3, -0.25) is 14.3 Å². The molecule has 0 spiro atoms. The zero-order valence-electron chi connectivity index (χ0n) is 21.5. The highest BCUT2D eigenvalue weighted by molar-refractivity contribution is 7.99. The van der Waals surface area contributed by atoms with Crippen molar-refractivity contribution in [2.45, 2.75) is 47.2 Å². The number of nitrogens with one attached hydrogen (secondary N) is 1. The molecule has 39 heavy (non-hydrogen) atoms. The zero-order chi connectivity index (χ0) is 27.1. The summed E-state index contributed by atoms with van der Waals surface area (Å²) in [7, 11) is 1.63. The molecular formula is C30H28N2O6S. The monoisotopic (exact) mass is 544 g/mol. The molecule has 9 heteroatoms. The first-order chi connectivity index (χ1) is 18.9. The van der Waals surface area contributed by atoms with Gasteiger partial charge in [-0.1, -0.05) is 60.3 Å². The van der Waals surface area contributed by atoms with E-state index in [1.807, 2.05) is 48.5 Å². The highest BCUT2D eigenvalue weighted by atomic mass is 32.2. The van der Waals surface area contributed by atoms with E-state index in [2.05, 4.69) is 29.2 Å². The molecule has 0 amide bonds. The maximum Gasteiger partial charge on any atom is 0.330 e. The van der Waals surface area contributed by atoms with Gasteiger partial charge in [0.15, 0.2) is 0 Å². The highest BCUT2D eigenvalue weighted by Gasteiger charge is 2.46. The molecule has 8 nitrogen and oxygen atoms in total. The second kappa shape index (κ2) is 10.2. The smallest absolute Gasteiger partial charge is 0.330 e. The summed E-state index contributed by atoms with van der Waals surface area (Å²) < 4.78 is 19.8. The molecule has 0 saturated carbocycles. The van der Waals surface area contributed by atoms with Gasteiger partial charge in [0.25, 0.3) is 5.56 Å². The first kappa shape index (κ1) is 25.6. The van der Waals surface area contributed by atoms with Crippen LogP contribution in [0.1, 0.15) is 34.9 Å². The third-order valence-electron chi connectivity index (χ3n) is 7.37. The topological polar surface area (TPSA) is 103 Å². The number of benzene rings is 3. The van der Waals surface area contributed by atoms with Crippen LogP contribution in [0.3, 0.4) is 0 Å². The molecule has 2 aliphatic rings. The van der Waals surface area contributed by atoms with E-state index >= 15 is 0 Å². The first-order valence-electron chi connectivity index (χ1n) is 12.7. The molecule has 3 heterocycles. The van der Waals surface area contributed by atoms with Gasteiger partial charge in [-0.25, -0.2) is 4.79 Å². The first-order valence-corrected chi connectivity index (χ1v) is 13.5. The fraction of sp³-hybridized carbons (Fsp3) is 0.267. The Labute approximate surface area is 229 Å². The lowest BCUT2D eigenvalue weighted by atomic mass is 9.79. The van der Waals surface area contributed by atoms with Crippen molar-refractivity contribution in [1.29, 1.82) is 0 Å². The maximum atomic E-state index is 12.5. The second-order valence-corrected chi connectivity index (χ2v) is 10.8. The van der Waals surface area contributed by atoms with Gasteiger partial charge in [-0.15, -0.1) is 0 Å². The minimum Gasteiger partial charge on any atom is -0.497 e. The van der Waals surface area contributed by atoms with Crippen molar-refractivity contribution in [3.8, 4) is 5.75 Å². The molecule has 2 N–H and O–H groups in total. The molecule has 2 aliphatic heterocycles. The van der Waals surface area contributed by atoms with E-state index in [0.717, 1.165) is 32.2 Å².